The van der Waals surface area contributed by atoms with Gasteiger partial charge in [-0.15, -0.1) is 11.3 Å². The van der Waals surface area contributed by atoms with Crippen LogP contribution in [0.25, 0.3) is 21.6 Å². The van der Waals surface area contributed by atoms with Crippen LogP contribution in [0.1, 0.15) is 11.8 Å². The Bertz CT molecular complexity index is 1170. The highest BCUT2D eigenvalue weighted by atomic mass is 32.1. The van der Waals surface area contributed by atoms with Gasteiger partial charge in [-0.25, -0.2) is 9.97 Å². The van der Waals surface area contributed by atoms with Gasteiger partial charge in [-0.2, -0.15) is 0 Å². The molecular weight excluding hydrogens is 466 g/mol. The number of esters is 1. The molecule has 0 atom stereocenters. The Kier molecular flexibility index (Phi) is 7.43. The minimum Gasteiger partial charge on any atom is -0.508 e. The number of phenols is 1. The summed E-state index contributed by atoms with van der Waals surface area (Å²) in [6, 6.07) is 9.26. The van der Waals surface area contributed by atoms with Gasteiger partial charge in [0.05, 0.1) is 36.6 Å². The summed E-state index contributed by atoms with van der Waals surface area (Å²) < 4.78 is 11.7. The third-order valence-corrected chi connectivity index (χ3v) is 7.43. The van der Waals surface area contributed by atoms with Gasteiger partial charge < -0.3 is 19.5 Å². The summed E-state index contributed by atoms with van der Waals surface area (Å²) in [7, 11) is 0. The van der Waals surface area contributed by atoms with Gasteiger partial charge in [0.1, 0.15) is 5.75 Å². The van der Waals surface area contributed by atoms with Crippen LogP contribution in [0.2, 0.25) is 0 Å². The van der Waals surface area contributed by atoms with Gasteiger partial charge in [0.15, 0.2) is 11.6 Å². The van der Waals surface area contributed by atoms with Crippen LogP contribution in [-0.4, -0.2) is 96.5 Å². The van der Waals surface area contributed by atoms with Crippen LogP contribution >= 0.6 is 11.3 Å². The lowest BCUT2D eigenvalue weighted by Crippen LogP contribution is -2.47. The number of benzene rings is 1. The van der Waals surface area contributed by atoms with Crippen molar-refractivity contribution in [1.29, 1.82) is 0 Å². The van der Waals surface area contributed by atoms with E-state index >= 15 is 0 Å². The molecule has 0 radical (unpaired) electrons. The molecule has 0 aliphatic carbocycles. The fraction of sp³-hybridized carbons (Fsp3) is 0.480. The number of rotatable bonds is 7. The molecule has 0 saturated carbocycles. The Morgan fingerprint density at radius 3 is 2.60 bits per heavy atom. The molecule has 2 fully saturated rings. The minimum atomic E-state index is -0.151. The lowest BCUT2D eigenvalue weighted by atomic mass is 10.2. The van der Waals surface area contributed by atoms with Gasteiger partial charge in [0, 0.05) is 56.3 Å². The van der Waals surface area contributed by atoms with E-state index in [9.17, 15) is 9.90 Å². The van der Waals surface area contributed by atoms with Crippen molar-refractivity contribution in [3.63, 3.8) is 0 Å². The number of anilines is 1. The number of carbonyl (C=O) groups is 1. The Hall–Kier alpha value is -2.79. The normalized spacial score (nSPS) is 17.7. The number of piperazine rings is 1. The molecule has 9 nitrogen and oxygen atoms in total. The highest BCUT2D eigenvalue weighted by Gasteiger charge is 2.23. The van der Waals surface area contributed by atoms with Crippen molar-refractivity contribution in [2.45, 2.75) is 13.5 Å². The molecule has 2 aliphatic heterocycles. The average molecular weight is 498 g/mol. The van der Waals surface area contributed by atoms with Crippen molar-refractivity contribution < 1.29 is 19.4 Å². The molecule has 0 spiro atoms. The smallest absolute Gasteiger partial charge is 0.320 e. The molecule has 186 valence electrons. The SMILES string of the molecule is CCOC(=O)CN1CCN(Cc2cc3nc(-c4cccc(O)c4)nc(N4CCOCC4)c3s2)CC1. The molecule has 1 aromatic carbocycles. The van der Waals surface area contributed by atoms with Gasteiger partial charge in [0.25, 0.3) is 0 Å². The standard InChI is InChI=1S/C25H31N5O4S/c1-2-34-22(32)17-29-8-6-28(7-9-29)16-20-15-21-23(35-20)25(30-10-12-33-13-11-30)27-24(26-21)18-4-3-5-19(31)14-18/h3-5,14-15,31H,2,6-13,16-17H2,1H3. The van der Waals surface area contributed by atoms with E-state index in [0.717, 1.165) is 67.4 Å². The van der Waals surface area contributed by atoms with Crippen LogP contribution < -0.4 is 4.90 Å². The van der Waals surface area contributed by atoms with Gasteiger partial charge in [-0.05, 0) is 25.1 Å². The van der Waals surface area contributed by atoms with Gasteiger partial charge in [-0.1, -0.05) is 12.1 Å². The number of phenolic OH excluding ortho intramolecular Hbond substituents is 1. The number of aromatic nitrogens is 2. The highest BCUT2D eigenvalue weighted by molar-refractivity contribution is 7.19. The van der Waals surface area contributed by atoms with Crippen LogP contribution in [0, 0.1) is 0 Å². The van der Waals surface area contributed by atoms with E-state index in [1.54, 1.807) is 23.5 Å². The molecule has 0 bridgehead atoms. The Morgan fingerprint density at radius 2 is 1.86 bits per heavy atom. The van der Waals surface area contributed by atoms with Crippen molar-refractivity contribution in [3.05, 3.63) is 35.2 Å². The first-order valence-corrected chi connectivity index (χ1v) is 12.9. The second-order valence-corrected chi connectivity index (χ2v) is 9.94. The maximum atomic E-state index is 11.8. The fourth-order valence-corrected chi connectivity index (χ4v) is 5.68. The van der Waals surface area contributed by atoms with Crippen molar-refractivity contribution >= 4 is 33.3 Å². The summed E-state index contributed by atoms with van der Waals surface area (Å²) in [5.74, 6) is 1.61. The number of nitrogens with zero attached hydrogens (tertiary/aromatic N) is 5. The van der Waals surface area contributed by atoms with Crippen LogP contribution in [0.4, 0.5) is 5.82 Å². The number of hydrogen-bond donors (Lipinski definition) is 1. The summed E-state index contributed by atoms with van der Waals surface area (Å²) in [5.41, 5.74) is 1.73. The molecule has 2 aliphatic rings. The maximum absolute atomic E-state index is 11.8. The van der Waals surface area contributed by atoms with E-state index < -0.39 is 0 Å². The lowest BCUT2D eigenvalue weighted by molar-refractivity contribution is -0.144. The van der Waals surface area contributed by atoms with Crippen LogP contribution in [0.5, 0.6) is 5.75 Å². The predicted octanol–water partition coefficient (Wildman–Crippen LogP) is 2.58. The fourth-order valence-electron chi connectivity index (χ4n) is 4.52. The van der Waals surface area contributed by atoms with E-state index in [1.807, 2.05) is 19.1 Å². The van der Waals surface area contributed by atoms with Crippen molar-refractivity contribution in [3.8, 4) is 17.1 Å². The third kappa shape index (κ3) is 5.72. The van der Waals surface area contributed by atoms with Crippen LogP contribution in [-0.2, 0) is 20.8 Å². The van der Waals surface area contributed by atoms with E-state index in [0.29, 0.717) is 32.2 Å². The highest BCUT2D eigenvalue weighted by Crippen LogP contribution is 2.35. The van der Waals surface area contributed by atoms with E-state index in [4.69, 9.17) is 19.4 Å². The number of hydrogen-bond acceptors (Lipinski definition) is 10. The molecule has 2 aromatic heterocycles. The first-order valence-electron chi connectivity index (χ1n) is 12.1. The van der Waals surface area contributed by atoms with E-state index in [1.165, 1.54) is 4.88 Å². The monoisotopic (exact) mass is 497 g/mol. The van der Waals surface area contributed by atoms with Crippen molar-refractivity contribution in [1.82, 2.24) is 19.8 Å². The zero-order valence-electron chi connectivity index (χ0n) is 20.0. The third-order valence-electron chi connectivity index (χ3n) is 6.32. The minimum absolute atomic E-state index is 0.151. The summed E-state index contributed by atoms with van der Waals surface area (Å²) in [5, 5.41) is 9.97. The molecule has 3 aromatic rings. The lowest BCUT2D eigenvalue weighted by Gasteiger charge is -2.33. The summed E-state index contributed by atoms with van der Waals surface area (Å²) >= 11 is 1.75. The first-order chi connectivity index (χ1) is 17.1. The molecular formula is C25H31N5O4S. The second kappa shape index (κ2) is 10.9. The molecule has 0 amide bonds. The summed E-state index contributed by atoms with van der Waals surface area (Å²) in [6.07, 6.45) is 0. The van der Waals surface area contributed by atoms with Crippen LogP contribution in [0.15, 0.2) is 30.3 Å². The predicted molar refractivity (Wildman–Crippen MR) is 136 cm³/mol. The number of carbonyl (C=O) groups excluding carboxylic acids is 1. The molecule has 1 N–H and O–H groups in total. The largest absolute Gasteiger partial charge is 0.508 e. The molecule has 35 heavy (non-hydrogen) atoms. The number of ether oxygens (including phenoxy) is 2. The van der Waals surface area contributed by atoms with Gasteiger partial charge >= 0.3 is 5.97 Å². The summed E-state index contributed by atoms with van der Waals surface area (Å²) in [6.45, 7) is 9.93. The Labute approximate surface area is 208 Å². The topological polar surface area (TPSA) is 91.3 Å². The molecule has 5 rings (SSSR count). The Balaban J connectivity index is 1.36. The van der Waals surface area contributed by atoms with Crippen LogP contribution in [0.3, 0.4) is 0 Å². The molecule has 10 heteroatoms. The van der Waals surface area contributed by atoms with Gasteiger partial charge in [-0.3, -0.25) is 14.6 Å². The molecule has 2 saturated heterocycles. The van der Waals surface area contributed by atoms with Gasteiger partial charge in [0.2, 0.25) is 0 Å². The van der Waals surface area contributed by atoms with Crippen molar-refractivity contribution in [2.24, 2.45) is 0 Å². The second-order valence-electron chi connectivity index (χ2n) is 8.80. The quantitative estimate of drug-likeness (QED) is 0.495. The maximum Gasteiger partial charge on any atom is 0.320 e. The zero-order chi connectivity index (χ0) is 24.2. The number of morpholine rings is 1. The summed E-state index contributed by atoms with van der Waals surface area (Å²) in [4.78, 5) is 29.7. The number of fused-ring (bicyclic) bond motifs is 1. The van der Waals surface area contributed by atoms with E-state index in [2.05, 4.69) is 20.8 Å². The number of thiophene rings is 1. The molecule has 0 unspecified atom stereocenters. The average Bonchev–Trinajstić information content (AvgIpc) is 3.27. The van der Waals surface area contributed by atoms with Crippen molar-refractivity contribution in [2.75, 3.05) is 70.5 Å². The molecule has 4 heterocycles. The Morgan fingerprint density at radius 1 is 1.09 bits per heavy atom. The zero-order valence-corrected chi connectivity index (χ0v) is 20.8. The first kappa shape index (κ1) is 23.9. The van der Waals surface area contributed by atoms with E-state index in [-0.39, 0.29) is 11.7 Å². The number of aromatic hydroxyl groups is 1.